The van der Waals surface area contributed by atoms with Crippen LogP contribution in [0, 0.1) is 5.82 Å². The van der Waals surface area contributed by atoms with Crippen LogP contribution < -0.4 is 5.73 Å². The van der Waals surface area contributed by atoms with Gasteiger partial charge in [-0.3, -0.25) is 0 Å². The molecule has 0 amide bonds. The Hall–Kier alpha value is -1.64. The lowest BCUT2D eigenvalue weighted by Crippen LogP contribution is -1.98. The van der Waals surface area contributed by atoms with Gasteiger partial charge in [-0.25, -0.2) is 9.37 Å². The van der Waals surface area contributed by atoms with Crippen LogP contribution in [0.25, 0.3) is 10.8 Å². The van der Waals surface area contributed by atoms with E-state index in [9.17, 15) is 4.39 Å². The van der Waals surface area contributed by atoms with Crippen molar-refractivity contribution in [2.45, 2.75) is 19.8 Å². The number of aromatic nitrogens is 1. The Kier molecular flexibility index (Phi) is 2.31. The predicted molar refractivity (Wildman–Crippen MR) is 60.2 cm³/mol. The second kappa shape index (κ2) is 3.50. The number of nitrogens with zero attached hydrogens (tertiary/aromatic N) is 1. The van der Waals surface area contributed by atoms with Crippen molar-refractivity contribution in [3.63, 3.8) is 0 Å². The molecular formula is C12H13FN2. The second-order valence-electron chi connectivity index (χ2n) is 3.92. The van der Waals surface area contributed by atoms with Gasteiger partial charge in [-0.1, -0.05) is 26.0 Å². The summed E-state index contributed by atoms with van der Waals surface area (Å²) in [6.07, 6.45) is 1.72. The van der Waals surface area contributed by atoms with Gasteiger partial charge in [-0.05, 0) is 22.9 Å². The van der Waals surface area contributed by atoms with Gasteiger partial charge in [0.2, 0.25) is 0 Å². The molecule has 0 atom stereocenters. The van der Waals surface area contributed by atoms with Crippen LogP contribution in [0.1, 0.15) is 25.3 Å². The first-order chi connectivity index (χ1) is 7.11. The Bertz CT molecular complexity index is 498. The molecule has 15 heavy (non-hydrogen) atoms. The van der Waals surface area contributed by atoms with E-state index in [2.05, 4.69) is 18.8 Å². The van der Waals surface area contributed by atoms with Gasteiger partial charge in [-0.2, -0.15) is 0 Å². The third kappa shape index (κ3) is 1.54. The summed E-state index contributed by atoms with van der Waals surface area (Å²) in [4.78, 5) is 4.03. The van der Waals surface area contributed by atoms with Gasteiger partial charge in [0.1, 0.15) is 11.6 Å². The summed E-state index contributed by atoms with van der Waals surface area (Å²) in [6, 6.07) is 4.99. The normalized spacial score (nSPS) is 11.2. The van der Waals surface area contributed by atoms with Crippen LogP contribution in [-0.4, -0.2) is 4.98 Å². The lowest BCUT2D eigenvalue weighted by atomic mass is 9.98. The summed E-state index contributed by atoms with van der Waals surface area (Å²) in [5.74, 6) is 0.259. The summed E-state index contributed by atoms with van der Waals surface area (Å²) >= 11 is 0. The Morgan fingerprint density at radius 1 is 1.33 bits per heavy atom. The van der Waals surface area contributed by atoms with E-state index in [1.54, 1.807) is 12.3 Å². The number of nitrogen functional groups attached to an aromatic ring is 1. The molecule has 0 unspecified atom stereocenters. The summed E-state index contributed by atoms with van der Waals surface area (Å²) < 4.78 is 13.6. The van der Waals surface area contributed by atoms with Gasteiger partial charge in [0.05, 0.1) is 5.39 Å². The molecule has 2 N–H and O–H groups in total. The van der Waals surface area contributed by atoms with Gasteiger partial charge < -0.3 is 5.73 Å². The molecule has 1 heterocycles. The Morgan fingerprint density at radius 3 is 2.73 bits per heavy atom. The molecule has 2 aromatic rings. The topological polar surface area (TPSA) is 38.9 Å². The van der Waals surface area contributed by atoms with Crippen molar-refractivity contribution in [1.29, 1.82) is 0 Å². The highest BCUT2D eigenvalue weighted by atomic mass is 19.1. The standard InChI is InChI=1S/C12H13FN2/c1-7(2)9-6-15-12(14)11-8(9)4-3-5-10(11)13/h3-7H,1-2H3,(H2,14,15). The van der Waals surface area contributed by atoms with Crippen molar-refractivity contribution in [3.8, 4) is 0 Å². The molecular weight excluding hydrogens is 191 g/mol. The Balaban J connectivity index is 2.89. The molecule has 0 aliphatic heterocycles. The highest BCUT2D eigenvalue weighted by Gasteiger charge is 2.11. The SMILES string of the molecule is CC(C)c1cnc(N)c2c(F)cccc12. The van der Waals surface area contributed by atoms with E-state index in [1.807, 2.05) is 6.07 Å². The molecule has 0 radical (unpaired) electrons. The van der Waals surface area contributed by atoms with Gasteiger partial charge in [0, 0.05) is 6.20 Å². The number of pyridine rings is 1. The molecule has 1 aromatic heterocycles. The summed E-state index contributed by atoms with van der Waals surface area (Å²) in [5.41, 5.74) is 6.70. The van der Waals surface area contributed by atoms with E-state index in [1.165, 1.54) is 6.07 Å². The van der Waals surface area contributed by atoms with Crippen molar-refractivity contribution in [3.05, 3.63) is 35.8 Å². The Labute approximate surface area is 87.9 Å². The first-order valence-electron chi connectivity index (χ1n) is 4.94. The van der Waals surface area contributed by atoms with Gasteiger partial charge in [-0.15, -0.1) is 0 Å². The number of anilines is 1. The maximum atomic E-state index is 13.6. The van der Waals surface area contributed by atoms with E-state index in [0.29, 0.717) is 11.3 Å². The van der Waals surface area contributed by atoms with Crippen LogP contribution >= 0.6 is 0 Å². The summed E-state index contributed by atoms with van der Waals surface area (Å²) in [5, 5.41) is 1.29. The fraction of sp³-hybridized carbons (Fsp3) is 0.250. The van der Waals surface area contributed by atoms with Gasteiger partial charge in [0.25, 0.3) is 0 Å². The van der Waals surface area contributed by atoms with E-state index in [-0.39, 0.29) is 11.6 Å². The monoisotopic (exact) mass is 204 g/mol. The molecule has 0 saturated carbocycles. The average Bonchev–Trinajstić information content (AvgIpc) is 2.17. The number of benzene rings is 1. The molecule has 0 bridgehead atoms. The molecule has 0 fully saturated rings. The number of rotatable bonds is 1. The van der Waals surface area contributed by atoms with Crippen LogP contribution in [0.4, 0.5) is 10.2 Å². The van der Waals surface area contributed by atoms with Crippen molar-refractivity contribution in [2.75, 3.05) is 5.73 Å². The molecule has 1 aromatic carbocycles. The average molecular weight is 204 g/mol. The van der Waals surface area contributed by atoms with Crippen LogP contribution in [-0.2, 0) is 0 Å². The van der Waals surface area contributed by atoms with Crippen LogP contribution in [0.2, 0.25) is 0 Å². The zero-order valence-electron chi connectivity index (χ0n) is 8.79. The number of halogens is 1. The van der Waals surface area contributed by atoms with Crippen molar-refractivity contribution < 1.29 is 4.39 Å². The molecule has 0 aliphatic carbocycles. The molecule has 0 spiro atoms. The molecule has 0 aliphatic rings. The lowest BCUT2D eigenvalue weighted by Gasteiger charge is -2.11. The van der Waals surface area contributed by atoms with Crippen molar-refractivity contribution in [1.82, 2.24) is 4.98 Å². The lowest BCUT2D eigenvalue weighted by molar-refractivity contribution is 0.639. The van der Waals surface area contributed by atoms with Crippen molar-refractivity contribution in [2.24, 2.45) is 0 Å². The van der Waals surface area contributed by atoms with E-state index in [0.717, 1.165) is 10.9 Å². The molecule has 78 valence electrons. The van der Waals surface area contributed by atoms with Crippen LogP contribution in [0.3, 0.4) is 0 Å². The Morgan fingerprint density at radius 2 is 2.07 bits per heavy atom. The van der Waals surface area contributed by atoms with E-state index >= 15 is 0 Å². The van der Waals surface area contributed by atoms with E-state index < -0.39 is 0 Å². The third-order valence-electron chi connectivity index (χ3n) is 2.55. The minimum atomic E-state index is -0.306. The number of nitrogens with two attached hydrogens (primary N) is 1. The zero-order chi connectivity index (χ0) is 11.0. The molecule has 3 heteroatoms. The van der Waals surface area contributed by atoms with Crippen molar-refractivity contribution >= 4 is 16.6 Å². The largest absolute Gasteiger partial charge is 0.383 e. The number of hydrogen-bond acceptors (Lipinski definition) is 2. The van der Waals surface area contributed by atoms with Crippen LogP contribution in [0.5, 0.6) is 0 Å². The zero-order valence-corrected chi connectivity index (χ0v) is 8.79. The maximum absolute atomic E-state index is 13.6. The smallest absolute Gasteiger partial charge is 0.134 e. The second-order valence-corrected chi connectivity index (χ2v) is 3.92. The quantitative estimate of drug-likeness (QED) is 0.775. The summed E-state index contributed by atoms with van der Waals surface area (Å²) in [7, 11) is 0. The molecule has 2 nitrogen and oxygen atoms in total. The predicted octanol–water partition coefficient (Wildman–Crippen LogP) is 3.08. The molecule has 0 saturated heterocycles. The first-order valence-corrected chi connectivity index (χ1v) is 4.94. The minimum absolute atomic E-state index is 0.257. The first kappa shape index (κ1) is 9.90. The number of hydrogen-bond donors (Lipinski definition) is 1. The van der Waals surface area contributed by atoms with Crippen LogP contribution in [0.15, 0.2) is 24.4 Å². The fourth-order valence-electron chi connectivity index (χ4n) is 1.76. The van der Waals surface area contributed by atoms with Gasteiger partial charge in [0.15, 0.2) is 0 Å². The summed E-state index contributed by atoms with van der Waals surface area (Å²) in [6.45, 7) is 4.11. The minimum Gasteiger partial charge on any atom is -0.383 e. The highest BCUT2D eigenvalue weighted by molar-refractivity contribution is 5.93. The number of fused-ring (bicyclic) bond motifs is 1. The third-order valence-corrected chi connectivity index (χ3v) is 2.55. The fourth-order valence-corrected chi connectivity index (χ4v) is 1.76. The molecule has 2 rings (SSSR count). The highest BCUT2D eigenvalue weighted by Crippen LogP contribution is 2.29. The van der Waals surface area contributed by atoms with E-state index in [4.69, 9.17) is 5.73 Å². The van der Waals surface area contributed by atoms with Gasteiger partial charge >= 0.3 is 0 Å². The maximum Gasteiger partial charge on any atom is 0.134 e.